The van der Waals surface area contributed by atoms with E-state index in [9.17, 15) is 4.79 Å². The molecule has 98 valence electrons. The molecule has 0 saturated heterocycles. The summed E-state index contributed by atoms with van der Waals surface area (Å²) in [5.74, 6) is 0.228. The van der Waals surface area contributed by atoms with Crippen molar-refractivity contribution < 1.29 is 9.53 Å². The average molecular weight is 276 g/mol. The smallest absolute Gasteiger partial charge is 0.338 e. The Morgan fingerprint density at radius 3 is 2.89 bits per heavy atom. The maximum atomic E-state index is 11.6. The van der Waals surface area contributed by atoms with Gasteiger partial charge in [0, 0.05) is 5.56 Å². The number of aryl methyl sites for hydroxylation is 1. The lowest BCUT2D eigenvalue weighted by Gasteiger charge is -2.02. The Hall–Kier alpha value is -2.28. The summed E-state index contributed by atoms with van der Waals surface area (Å²) < 4.78 is 6.58. The third kappa shape index (κ3) is 2.76. The van der Waals surface area contributed by atoms with Crippen molar-refractivity contribution in [1.82, 2.24) is 14.9 Å². The number of hydrogen-bond donors (Lipinski definition) is 1. The number of methoxy groups -OCH3 is 1. The number of carbonyl (C=O) groups is 1. The quantitative estimate of drug-likeness (QED) is 0.528. The fourth-order valence-electron chi connectivity index (χ4n) is 1.53. The van der Waals surface area contributed by atoms with Crippen LogP contribution in [0.2, 0.25) is 0 Å². The summed E-state index contributed by atoms with van der Waals surface area (Å²) in [6, 6.07) is 7.02. The first-order valence-electron chi connectivity index (χ1n) is 5.49. The fraction of sp³-hybridized carbons (Fsp3) is 0.167. The van der Waals surface area contributed by atoms with Crippen LogP contribution in [0.15, 0.2) is 29.4 Å². The second-order valence-corrected chi connectivity index (χ2v) is 4.10. The number of nitrogens with one attached hydrogen (secondary N) is 1. The van der Waals surface area contributed by atoms with Gasteiger partial charge in [-0.15, -0.1) is 0 Å². The monoisotopic (exact) mass is 276 g/mol. The van der Waals surface area contributed by atoms with E-state index in [2.05, 4.69) is 15.3 Å². The van der Waals surface area contributed by atoms with E-state index < -0.39 is 5.97 Å². The molecule has 2 aromatic rings. The van der Waals surface area contributed by atoms with Crippen molar-refractivity contribution in [1.29, 1.82) is 0 Å². The number of aromatic amines is 1. The Morgan fingerprint density at radius 1 is 1.53 bits per heavy atom. The molecule has 0 radical (unpaired) electrons. The molecule has 1 aromatic carbocycles. The summed E-state index contributed by atoms with van der Waals surface area (Å²) in [6.45, 7) is 1.77. The van der Waals surface area contributed by atoms with Gasteiger partial charge in [-0.05, 0) is 25.2 Å². The number of aromatic nitrogens is 3. The summed E-state index contributed by atoms with van der Waals surface area (Å²) in [6.07, 6.45) is 1.55. The van der Waals surface area contributed by atoms with Gasteiger partial charge in [0.2, 0.25) is 4.77 Å². The highest BCUT2D eigenvalue weighted by molar-refractivity contribution is 7.71. The number of ether oxygens (including phenoxy) is 1. The predicted molar refractivity (Wildman–Crippen MR) is 72.9 cm³/mol. The van der Waals surface area contributed by atoms with E-state index in [-0.39, 0.29) is 0 Å². The van der Waals surface area contributed by atoms with Crippen LogP contribution < -0.4 is 0 Å². The Balaban J connectivity index is 2.39. The zero-order valence-corrected chi connectivity index (χ0v) is 11.3. The summed E-state index contributed by atoms with van der Waals surface area (Å²) >= 11 is 5.04. The number of H-pyrrole nitrogens is 1. The fourth-order valence-corrected chi connectivity index (χ4v) is 1.76. The van der Waals surface area contributed by atoms with Crippen LogP contribution in [0.4, 0.5) is 0 Å². The number of hydrogen-bond acceptors (Lipinski definition) is 5. The summed E-state index contributed by atoms with van der Waals surface area (Å²) in [5, 5.41) is 10.8. The minimum Gasteiger partial charge on any atom is -0.465 e. The molecule has 2 rings (SSSR count). The highest BCUT2D eigenvalue weighted by atomic mass is 32.1. The third-order valence-corrected chi connectivity index (χ3v) is 2.75. The van der Waals surface area contributed by atoms with Gasteiger partial charge in [0.05, 0.1) is 18.9 Å². The maximum absolute atomic E-state index is 11.6. The van der Waals surface area contributed by atoms with Gasteiger partial charge in [0.25, 0.3) is 0 Å². The van der Waals surface area contributed by atoms with Gasteiger partial charge in [-0.2, -0.15) is 14.9 Å². The topological polar surface area (TPSA) is 72.3 Å². The van der Waals surface area contributed by atoms with Gasteiger partial charge in [-0.1, -0.05) is 18.2 Å². The van der Waals surface area contributed by atoms with Crippen LogP contribution in [0, 0.1) is 11.7 Å². The number of nitrogens with zero attached hydrogens (tertiary/aromatic N) is 3. The second-order valence-electron chi connectivity index (χ2n) is 3.71. The van der Waals surface area contributed by atoms with Crippen LogP contribution >= 0.6 is 12.2 Å². The molecule has 0 atom stereocenters. The third-order valence-electron chi connectivity index (χ3n) is 2.49. The highest BCUT2D eigenvalue weighted by Crippen LogP contribution is 2.08. The van der Waals surface area contributed by atoms with Crippen molar-refractivity contribution in [3.63, 3.8) is 0 Å². The van der Waals surface area contributed by atoms with Gasteiger partial charge in [-0.3, -0.25) is 5.10 Å². The van der Waals surface area contributed by atoms with E-state index >= 15 is 0 Å². The normalized spacial score (nSPS) is 10.8. The van der Waals surface area contributed by atoms with Crippen LogP contribution in [-0.2, 0) is 4.74 Å². The maximum Gasteiger partial charge on any atom is 0.338 e. The molecule has 0 aliphatic carbocycles. The van der Waals surface area contributed by atoms with Crippen LogP contribution in [0.1, 0.15) is 21.7 Å². The van der Waals surface area contributed by atoms with E-state index in [0.29, 0.717) is 21.7 Å². The summed E-state index contributed by atoms with van der Waals surface area (Å²) in [4.78, 5) is 11.6. The molecule has 0 fully saturated rings. The molecular formula is C12H12N4O2S. The number of benzene rings is 1. The molecule has 1 aromatic heterocycles. The number of esters is 1. The van der Waals surface area contributed by atoms with E-state index in [1.54, 1.807) is 31.3 Å². The molecule has 0 amide bonds. The molecule has 7 heteroatoms. The van der Waals surface area contributed by atoms with Gasteiger partial charge in [-0.25, -0.2) is 4.79 Å². The summed E-state index contributed by atoms with van der Waals surface area (Å²) in [7, 11) is 1.34. The largest absolute Gasteiger partial charge is 0.465 e. The lowest BCUT2D eigenvalue weighted by atomic mass is 10.1. The Labute approximate surface area is 114 Å². The summed E-state index contributed by atoms with van der Waals surface area (Å²) in [5.41, 5.74) is 1.10. The van der Waals surface area contributed by atoms with Crippen molar-refractivity contribution in [2.24, 2.45) is 5.10 Å². The first-order valence-corrected chi connectivity index (χ1v) is 5.90. The van der Waals surface area contributed by atoms with E-state index in [4.69, 9.17) is 17.0 Å². The molecule has 0 aliphatic rings. The number of carbonyl (C=O) groups excluding carboxylic acids is 1. The van der Waals surface area contributed by atoms with Crippen LogP contribution in [0.3, 0.4) is 0 Å². The molecule has 0 spiro atoms. The van der Waals surface area contributed by atoms with Crippen molar-refractivity contribution in [3.05, 3.63) is 46.0 Å². The van der Waals surface area contributed by atoms with E-state index in [1.165, 1.54) is 11.8 Å². The highest BCUT2D eigenvalue weighted by Gasteiger charge is 2.09. The minimum absolute atomic E-state index is 0.393. The Bertz CT molecular complexity index is 687. The van der Waals surface area contributed by atoms with Gasteiger partial charge in [0.15, 0.2) is 0 Å². The zero-order valence-electron chi connectivity index (χ0n) is 10.5. The lowest BCUT2D eigenvalue weighted by Crippen LogP contribution is -2.05. The predicted octanol–water partition coefficient (Wildman–Crippen LogP) is 1.92. The molecule has 0 unspecified atom stereocenters. The molecule has 1 heterocycles. The molecule has 19 heavy (non-hydrogen) atoms. The first-order chi connectivity index (χ1) is 9.13. The second kappa shape index (κ2) is 5.57. The minimum atomic E-state index is -0.408. The number of rotatable bonds is 3. The van der Waals surface area contributed by atoms with E-state index in [1.807, 2.05) is 6.07 Å². The van der Waals surface area contributed by atoms with E-state index in [0.717, 1.165) is 0 Å². The molecule has 6 nitrogen and oxygen atoms in total. The Kier molecular flexibility index (Phi) is 3.86. The van der Waals surface area contributed by atoms with Crippen LogP contribution in [0.5, 0.6) is 0 Å². The first kappa shape index (κ1) is 13.2. The zero-order chi connectivity index (χ0) is 13.8. The SMILES string of the molecule is COC(=O)c1ccccc1/C=N\n1c(C)n[nH]c1=S. The lowest BCUT2D eigenvalue weighted by molar-refractivity contribution is 0.0600. The van der Waals surface area contributed by atoms with Crippen molar-refractivity contribution in [2.45, 2.75) is 6.92 Å². The van der Waals surface area contributed by atoms with Crippen molar-refractivity contribution in [3.8, 4) is 0 Å². The van der Waals surface area contributed by atoms with Crippen molar-refractivity contribution in [2.75, 3.05) is 7.11 Å². The standard InChI is InChI=1S/C12H12N4O2S/c1-8-14-15-12(19)16(8)13-7-9-5-3-4-6-10(9)11(17)18-2/h3-7H,1-2H3,(H,15,19)/b13-7-. The average Bonchev–Trinajstić information content (AvgIpc) is 2.75. The molecule has 0 bridgehead atoms. The van der Waals surface area contributed by atoms with Gasteiger partial charge < -0.3 is 4.74 Å². The van der Waals surface area contributed by atoms with Gasteiger partial charge in [0.1, 0.15) is 5.82 Å². The molecule has 1 N–H and O–H groups in total. The van der Waals surface area contributed by atoms with Crippen LogP contribution in [-0.4, -0.2) is 34.2 Å². The van der Waals surface area contributed by atoms with Gasteiger partial charge >= 0.3 is 5.97 Å². The van der Waals surface area contributed by atoms with Crippen LogP contribution in [0.25, 0.3) is 0 Å². The molecule has 0 saturated carbocycles. The molecule has 0 aliphatic heterocycles. The molecular weight excluding hydrogens is 264 g/mol. The Morgan fingerprint density at radius 2 is 2.26 bits per heavy atom. The van der Waals surface area contributed by atoms with Crippen molar-refractivity contribution >= 4 is 24.4 Å².